The van der Waals surface area contributed by atoms with Gasteiger partial charge in [0.05, 0.1) is 23.9 Å². The number of allylic oxidation sites excluding steroid dienone is 1. The summed E-state index contributed by atoms with van der Waals surface area (Å²) in [6.45, 7) is 5.44. The molecule has 2 aliphatic rings. The van der Waals surface area contributed by atoms with Gasteiger partial charge < -0.3 is 9.64 Å². The molecule has 0 unspecified atom stereocenters. The van der Waals surface area contributed by atoms with E-state index in [0.29, 0.717) is 0 Å². The Morgan fingerprint density at radius 3 is 2.95 bits per heavy atom. The summed E-state index contributed by atoms with van der Waals surface area (Å²) in [7, 11) is 0. The summed E-state index contributed by atoms with van der Waals surface area (Å²) in [4.78, 5) is 19.4. The van der Waals surface area contributed by atoms with Crippen molar-refractivity contribution in [1.29, 1.82) is 0 Å². The van der Waals surface area contributed by atoms with Gasteiger partial charge >= 0.3 is 0 Å². The van der Waals surface area contributed by atoms with E-state index in [1.54, 1.807) is 0 Å². The Balaban J connectivity index is 1.85. The third-order valence-electron chi connectivity index (χ3n) is 4.34. The first-order valence-electron chi connectivity index (χ1n) is 7.74. The zero-order valence-corrected chi connectivity index (χ0v) is 12.8. The van der Waals surface area contributed by atoms with Gasteiger partial charge in [-0.15, -0.1) is 0 Å². The minimum Gasteiger partial charge on any atom is -0.498 e. The van der Waals surface area contributed by atoms with Gasteiger partial charge in [0.1, 0.15) is 5.76 Å². The predicted octanol–water partition coefficient (Wildman–Crippen LogP) is 3.14. The predicted molar refractivity (Wildman–Crippen MR) is 80.5 cm³/mol. The number of amides is 1. The lowest BCUT2D eigenvalue weighted by molar-refractivity contribution is -0.128. The summed E-state index contributed by atoms with van der Waals surface area (Å²) >= 11 is 0. The van der Waals surface area contributed by atoms with Crippen LogP contribution in [0.1, 0.15) is 50.0 Å². The van der Waals surface area contributed by atoms with E-state index in [1.165, 1.54) is 0 Å². The third kappa shape index (κ3) is 2.80. The Bertz CT molecular complexity index is 580. The lowest BCUT2D eigenvalue weighted by atomic mass is 10.0. The fourth-order valence-electron chi connectivity index (χ4n) is 3.24. The van der Waals surface area contributed by atoms with Gasteiger partial charge in [0, 0.05) is 12.2 Å². The number of nitrogens with zero attached hydrogens (tertiary/aromatic N) is 2. The molecule has 1 aromatic rings. The van der Waals surface area contributed by atoms with Gasteiger partial charge in [-0.1, -0.05) is 6.07 Å². The molecule has 21 heavy (non-hydrogen) atoms. The zero-order chi connectivity index (χ0) is 14.8. The van der Waals surface area contributed by atoms with Crippen molar-refractivity contribution in [2.24, 2.45) is 0 Å². The molecule has 1 amide bonds. The van der Waals surface area contributed by atoms with Crippen molar-refractivity contribution < 1.29 is 9.53 Å². The summed E-state index contributed by atoms with van der Waals surface area (Å²) < 4.78 is 5.55. The van der Waals surface area contributed by atoms with E-state index in [9.17, 15) is 4.79 Å². The van der Waals surface area contributed by atoms with Crippen LogP contribution in [0.15, 0.2) is 29.5 Å². The van der Waals surface area contributed by atoms with Crippen LogP contribution in [0.2, 0.25) is 0 Å². The Morgan fingerprint density at radius 1 is 1.33 bits per heavy atom. The molecular formula is C17H22N2O2. The van der Waals surface area contributed by atoms with Crippen LogP contribution in [0.3, 0.4) is 0 Å². The first-order valence-corrected chi connectivity index (χ1v) is 7.74. The quantitative estimate of drug-likeness (QED) is 0.839. The average molecular weight is 286 g/mol. The number of ether oxygens (including phenoxy) is 1. The van der Waals surface area contributed by atoms with Gasteiger partial charge in [-0.25, -0.2) is 0 Å². The molecule has 3 heterocycles. The fraction of sp³-hybridized carbons (Fsp3) is 0.529. The van der Waals surface area contributed by atoms with E-state index < -0.39 is 0 Å². The maximum absolute atomic E-state index is 12.8. The van der Waals surface area contributed by atoms with Crippen molar-refractivity contribution in [3.05, 3.63) is 40.9 Å². The number of aromatic nitrogens is 1. The summed E-state index contributed by atoms with van der Waals surface area (Å²) in [5, 5.41) is 0. The van der Waals surface area contributed by atoms with E-state index in [0.717, 1.165) is 61.6 Å². The molecule has 0 N–H and O–H groups in total. The van der Waals surface area contributed by atoms with Crippen LogP contribution in [0.4, 0.5) is 0 Å². The van der Waals surface area contributed by atoms with Crippen molar-refractivity contribution in [3.63, 3.8) is 0 Å². The highest BCUT2D eigenvalue weighted by Crippen LogP contribution is 2.33. The van der Waals surface area contributed by atoms with Crippen molar-refractivity contribution in [2.45, 2.75) is 45.6 Å². The van der Waals surface area contributed by atoms with Crippen LogP contribution in [0, 0.1) is 6.92 Å². The standard InChI is InChI=1S/C17H22N2O2/c1-12-6-3-8-15(18-12)16-9-4-10-19(16)17(20)14-7-5-11-21-13(14)2/h3,6,8,16H,4-5,7,9-11H2,1-2H3/t16-/m1/s1. The first-order chi connectivity index (χ1) is 10.2. The maximum Gasteiger partial charge on any atom is 0.253 e. The number of hydrogen-bond donors (Lipinski definition) is 0. The molecule has 0 radical (unpaired) electrons. The molecule has 1 atom stereocenters. The maximum atomic E-state index is 12.8. The number of hydrogen-bond acceptors (Lipinski definition) is 3. The van der Waals surface area contributed by atoms with Gasteiger partial charge in [0.25, 0.3) is 5.91 Å². The van der Waals surface area contributed by atoms with Crippen LogP contribution >= 0.6 is 0 Å². The smallest absolute Gasteiger partial charge is 0.253 e. The molecule has 1 saturated heterocycles. The fourth-order valence-corrected chi connectivity index (χ4v) is 3.24. The molecule has 0 aromatic carbocycles. The Labute approximate surface area is 125 Å². The SMILES string of the molecule is CC1=C(C(=O)N2CCC[C@@H]2c2cccc(C)n2)CCCO1. The topological polar surface area (TPSA) is 42.4 Å². The van der Waals surface area contributed by atoms with E-state index in [4.69, 9.17) is 4.74 Å². The highest BCUT2D eigenvalue weighted by Gasteiger charge is 2.33. The van der Waals surface area contributed by atoms with Gasteiger partial charge in [-0.3, -0.25) is 9.78 Å². The first kappa shape index (κ1) is 14.1. The van der Waals surface area contributed by atoms with Crippen LogP contribution in [0.25, 0.3) is 0 Å². The van der Waals surface area contributed by atoms with Gasteiger partial charge in [-0.2, -0.15) is 0 Å². The second-order valence-electron chi connectivity index (χ2n) is 5.85. The second-order valence-corrected chi connectivity index (χ2v) is 5.85. The third-order valence-corrected chi connectivity index (χ3v) is 4.34. The Hall–Kier alpha value is -1.84. The lowest BCUT2D eigenvalue weighted by Crippen LogP contribution is -2.33. The molecule has 0 bridgehead atoms. The summed E-state index contributed by atoms with van der Waals surface area (Å²) in [5.74, 6) is 0.937. The van der Waals surface area contributed by atoms with Crippen LogP contribution in [0.5, 0.6) is 0 Å². The lowest BCUT2D eigenvalue weighted by Gasteiger charge is -2.28. The van der Waals surface area contributed by atoms with E-state index in [1.807, 2.05) is 36.9 Å². The summed E-state index contributed by atoms with van der Waals surface area (Å²) in [5.41, 5.74) is 2.86. The van der Waals surface area contributed by atoms with E-state index >= 15 is 0 Å². The molecule has 4 nitrogen and oxygen atoms in total. The number of rotatable bonds is 2. The van der Waals surface area contributed by atoms with Crippen LogP contribution in [-0.2, 0) is 9.53 Å². The molecular weight excluding hydrogens is 264 g/mol. The number of likely N-dealkylation sites (tertiary alicyclic amines) is 1. The minimum atomic E-state index is 0.111. The Morgan fingerprint density at radius 2 is 2.19 bits per heavy atom. The number of pyridine rings is 1. The zero-order valence-electron chi connectivity index (χ0n) is 12.8. The van der Waals surface area contributed by atoms with Crippen molar-refractivity contribution in [2.75, 3.05) is 13.2 Å². The molecule has 0 spiro atoms. The van der Waals surface area contributed by atoms with E-state index in [-0.39, 0.29) is 11.9 Å². The molecule has 2 aliphatic heterocycles. The number of aryl methyl sites for hydroxylation is 1. The molecule has 4 heteroatoms. The van der Waals surface area contributed by atoms with E-state index in [2.05, 4.69) is 4.98 Å². The summed E-state index contributed by atoms with van der Waals surface area (Å²) in [6.07, 6.45) is 3.79. The molecule has 3 rings (SSSR count). The molecule has 0 aliphatic carbocycles. The molecule has 1 aromatic heterocycles. The average Bonchev–Trinajstić information content (AvgIpc) is 2.96. The van der Waals surface area contributed by atoms with Gasteiger partial charge in [-0.05, 0) is 51.7 Å². The summed E-state index contributed by atoms with van der Waals surface area (Å²) in [6, 6.07) is 6.15. The van der Waals surface area contributed by atoms with Crippen molar-refractivity contribution >= 4 is 5.91 Å². The molecule has 112 valence electrons. The highest BCUT2D eigenvalue weighted by atomic mass is 16.5. The molecule has 0 saturated carbocycles. The van der Waals surface area contributed by atoms with Crippen LogP contribution in [-0.4, -0.2) is 28.9 Å². The van der Waals surface area contributed by atoms with Crippen LogP contribution < -0.4 is 0 Å². The minimum absolute atomic E-state index is 0.111. The molecule has 1 fully saturated rings. The monoisotopic (exact) mass is 286 g/mol. The van der Waals surface area contributed by atoms with Gasteiger partial charge in [0.2, 0.25) is 0 Å². The highest BCUT2D eigenvalue weighted by molar-refractivity contribution is 5.94. The Kier molecular flexibility index (Phi) is 3.95. The largest absolute Gasteiger partial charge is 0.498 e. The van der Waals surface area contributed by atoms with Crippen molar-refractivity contribution in [1.82, 2.24) is 9.88 Å². The normalized spacial score (nSPS) is 22.4. The number of carbonyl (C=O) groups excluding carboxylic acids is 1. The van der Waals surface area contributed by atoms with Crippen molar-refractivity contribution in [3.8, 4) is 0 Å². The second kappa shape index (κ2) is 5.88. The van der Waals surface area contributed by atoms with Gasteiger partial charge in [0.15, 0.2) is 0 Å². The number of carbonyl (C=O) groups is 1.